The number of fused-ring (bicyclic) bond motifs is 1. The summed E-state index contributed by atoms with van der Waals surface area (Å²) in [6.07, 6.45) is 2.41. The zero-order valence-corrected chi connectivity index (χ0v) is 17.2. The third kappa shape index (κ3) is 3.75. The first kappa shape index (κ1) is 18.5. The maximum Gasteiger partial charge on any atom is 0.120 e. The Morgan fingerprint density at radius 1 is 1.19 bits per heavy atom. The van der Waals surface area contributed by atoms with Gasteiger partial charge in [-0.05, 0) is 62.1 Å². The Bertz CT molecular complexity index is 919. The van der Waals surface area contributed by atoms with E-state index in [-0.39, 0.29) is 0 Å². The summed E-state index contributed by atoms with van der Waals surface area (Å²) in [6, 6.07) is 16.0. The summed E-state index contributed by atoms with van der Waals surface area (Å²) in [7, 11) is 1.75. The van der Waals surface area contributed by atoms with Gasteiger partial charge in [-0.25, -0.2) is 0 Å². The van der Waals surface area contributed by atoms with Crippen LogP contribution in [0, 0.1) is 13.8 Å². The molecule has 27 heavy (non-hydrogen) atoms. The van der Waals surface area contributed by atoms with Gasteiger partial charge in [-0.3, -0.25) is 0 Å². The molecule has 1 fully saturated rings. The van der Waals surface area contributed by atoms with Crippen molar-refractivity contribution in [1.29, 1.82) is 0 Å². The minimum absolute atomic E-state index is 0.367. The molecule has 1 aliphatic rings. The van der Waals surface area contributed by atoms with Crippen LogP contribution >= 0.6 is 11.3 Å². The normalized spacial score (nSPS) is 20.1. The van der Waals surface area contributed by atoms with Gasteiger partial charge in [0.2, 0.25) is 0 Å². The number of piperidine rings is 1. The quantitative estimate of drug-likeness (QED) is 0.645. The fourth-order valence-corrected chi connectivity index (χ4v) is 5.33. The molecule has 4 heteroatoms. The molecule has 0 unspecified atom stereocenters. The second kappa shape index (κ2) is 8.01. The first-order valence-electron chi connectivity index (χ1n) is 9.75. The molecule has 0 radical (unpaired) electrons. The first-order valence-corrected chi connectivity index (χ1v) is 10.6. The van der Waals surface area contributed by atoms with Gasteiger partial charge in [0.1, 0.15) is 5.75 Å². The molecule has 1 aliphatic heterocycles. The number of methoxy groups -OCH3 is 1. The van der Waals surface area contributed by atoms with Crippen molar-refractivity contribution in [1.82, 2.24) is 10.6 Å². The number of nitrogens with one attached hydrogen (secondary N) is 2. The first-order chi connectivity index (χ1) is 13.2. The molecule has 4 rings (SSSR count). The summed E-state index contributed by atoms with van der Waals surface area (Å²) < 4.78 is 6.88. The molecular weight excluding hydrogens is 352 g/mol. The third-order valence-electron chi connectivity index (χ3n) is 5.73. The lowest BCUT2D eigenvalue weighted by Crippen LogP contribution is -2.45. The van der Waals surface area contributed by atoms with E-state index in [4.69, 9.17) is 4.74 Å². The summed E-state index contributed by atoms with van der Waals surface area (Å²) in [5.74, 6) is 0.946. The number of rotatable bonds is 5. The smallest absolute Gasteiger partial charge is 0.120 e. The van der Waals surface area contributed by atoms with Gasteiger partial charge in [-0.1, -0.05) is 30.3 Å². The second-order valence-electron chi connectivity index (χ2n) is 7.42. The molecule has 1 aromatic heterocycles. The highest BCUT2D eigenvalue weighted by Gasteiger charge is 2.26. The summed E-state index contributed by atoms with van der Waals surface area (Å²) >= 11 is 1.86. The topological polar surface area (TPSA) is 33.3 Å². The van der Waals surface area contributed by atoms with Gasteiger partial charge in [0.05, 0.1) is 7.11 Å². The number of benzene rings is 2. The van der Waals surface area contributed by atoms with E-state index in [2.05, 4.69) is 66.9 Å². The van der Waals surface area contributed by atoms with E-state index in [0.717, 1.165) is 18.8 Å². The van der Waals surface area contributed by atoms with Crippen molar-refractivity contribution in [3.63, 3.8) is 0 Å². The van der Waals surface area contributed by atoms with Crippen molar-refractivity contribution in [2.24, 2.45) is 0 Å². The monoisotopic (exact) mass is 380 g/mol. The van der Waals surface area contributed by atoms with E-state index in [1.807, 2.05) is 11.3 Å². The summed E-state index contributed by atoms with van der Waals surface area (Å²) in [4.78, 5) is 1.39. The van der Waals surface area contributed by atoms with E-state index < -0.39 is 0 Å². The van der Waals surface area contributed by atoms with Crippen LogP contribution in [0.25, 0.3) is 10.1 Å². The molecule has 0 spiro atoms. The maximum absolute atomic E-state index is 5.56. The SMILES string of the molecule is COc1cc(CN[C@H]2CCCN[C@H]2c2ccccc2)c2c(C)c(C)sc2c1. The summed E-state index contributed by atoms with van der Waals surface area (Å²) in [5, 5.41) is 8.96. The largest absolute Gasteiger partial charge is 0.497 e. The Balaban J connectivity index is 1.60. The van der Waals surface area contributed by atoms with Gasteiger partial charge >= 0.3 is 0 Å². The maximum atomic E-state index is 5.56. The van der Waals surface area contributed by atoms with Crippen LogP contribution in [0.3, 0.4) is 0 Å². The third-order valence-corrected chi connectivity index (χ3v) is 6.89. The van der Waals surface area contributed by atoms with Gasteiger partial charge in [-0.15, -0.1) is 11.3 Å². The molecule has 0 amide bonds. The van der Waals surface area contributed by atoms with Crippen LogP contribution in [-0.2, 0) is 6.54 Å². The lowest BCUT2D eigenvalue weighted by atomic mass is 9.92. The summed E-state index contributed by atoms with van der Waals surface area (Å²) in [6.45, 7) is 6.39. The van der Waals surface area contributed by atoms with Crippen LogP contribution in [0.15, 0.2) is 42.5 Å². The molecule has 142 valence electrons. The van der Waals surface area contributed by atoms with Crippen LogP contribution in [-0.4, -0.2) is 19.7 Å². The molecule has 3 aromatic rings. The number of thiophene rings is 1. The van der Waals surface area contributed by atoms with Crippen LogP contribution < -0.4 is 15.4 Å². The Hall–Kier alpha value is -1.88. The standard InChI is InChI=1S/C23H28N2OS/c1-15-16(2)27-21-13-19(26-3)12-18(22(15)21)14-25-20-10-7-11-24-23(20)17-8-5-4-6-9-17/h4-6,8-9,12-13,20,23-25H,7,10-11,14H2,1-3H3/t20-,23-/m0/s1. The Labute approximate surface area is 165 Å². The highest BCUT2D eigenvalue weighted by molar-refractivity contribution is 7.19. The zero-order valence-electron chi connectivity index (χ0n) is 16.3. The molecule has 0 bridgehead atoms. The fourth-order valence-electron chi connectivity index (χ4n) is 4.19. The average Bonchev–Trinajstić information content (AvgIpc) is 3.00. The van der Waals surface area contributed by atoms with E-state index in [0.29, 0.717) is 12.1 Å². The molecular formula is C23H28N2OS. The number of hydrogen-bond acceptors (Lipinski definition) is 4. The Kier molecular flexibility index (Phi) is 5.48. The molecule has 2 aromatic carbocycles. The van der Waals surface area contributed by atoms with E-state index in [9.17, 15) is 0 Å². The van der Waals surface area contributed by atoms with Crippen molar-refractivity contribution in [2.45, 2.75) is 45.3 Å². The van der Waals surface area contributed by atoms with Gasteiger partial charge < -0.3 is 15.4 Å². The fraction of sp³-hybridized carbons (Fsp3) is 0.391. The van der Waals surface area contributed by atoms with Crippen LogP contribution in [0.2, 0.25) is 0 Å². The molecule has 0 saturated carbocycles. The predicted molar refractivity (Wildman–Crippen MR) is 115 cm³/mol. The van der Waals surface area contributed by atoms with Gasteiger partial charge in [-0.2, -0.15) is 0 Å². The highest BCUT2D eigenvalue weighted by atomic mass is 32.1. The van der Waals surface area contributed by atoms with Gasteiger partial charge in [0.15, 0.2) is 0 Å². The van der Waals surface area contributed by atoms with Gasteiger partial charge in [0, 0.05) is 33.6 Å². The number of aryl methyl sites for hydroxylation is 2. The summed E-state index contributed by atoms with van der Waals surface area (Å²) in [5.41, 5.74) is 4.10. The van der Waals surface area contributed by atoms with Crippen molar-refractivity contribution in [2.75, 3.05) is 13.7 Å². The zero-order chi connectivity index (χ0) is 18.8. The minimum atomic E-state index is 0.367. The van der Waals surface area contributed by atoms with Crippen molar-refractivity contribution >= 4 is 21.4 Å². The average molecular weight is 381 g/mol. The molecule has 1 saturated heterocycles. The van der Waals surface area contributed by atoms with Crippen molar-refractivity contribution < 1.29 is 4.74 Å². The molecule has 0 aliphatic carbocycles. The van der Waals surface area contributed by atoms with Crippen LogP contribution in [0.1, 0.15) is 40.5 Å². The van der Waals surface area contributed by atoms with Gasteiger partial charge in [0.25, 0.3) is 0 Å². The number of hydrogen-bond donors (Lipinski definition) is 2. The Morgan fingerprint density at radius 3 is 2.78 bits per heavy atom. The Morgan fingerprint density at radius 2 is 2.00 bits per heavy atom. The molecule has 2 N–H and O–H groups in total. The molecule has 2 atom stereocenters. The highest BCUT2D eigenvalue weighted by Crippen LogP contribution is 2.36. The number of ether oxygens (including phenoxy) is 1. The molecule has 2 heterocycles. The van der Waals surface area contributed by atoms with Crippen LogP contribution in [0.5, 0.6) is 5.75 Å². The molecule has 3 nitrogen and oxygen atoms in total. The lowest BCUT2D eigenvalue weighted by Gasteiger charge is -2.34. The second-order valence-corrected chi connectivity index (χ2v) is 8.67. The van der Waals surface area contributed by atoms with E-state index in [1.165, 1.54) is 44.5 Å². The van der Waals surface area contributed by atoms with E-state index >= 15 is 0 Å². The van der Waals surface area contributed by atoms with Crippen molar-refractivity contribution in [3.05, 3.63) is 64.0 Å². The van der Waals surface area contributed by atoms with E-state index in [1.54, 1.807) is 7.11 Å². The minimum Gasteiger partial charge on any atom is -0.497 e. The van der Waals surface area contributed by atoms with Crippen LogP contribution in [0.4, 0.5) is 0 Å². The lowest BCUT2D eigenvalue weighted by molar-refractivity contribution is 0.305. The van der Waals surface area contributed by atoms with Crippen molar-refractivity contribution in [3.8, 4) is 5.75 Å². The predicted octanol–water partition coefficient (Wildman–Crippen LogP) is 5.11.